The Bertz CT molecular complexity index is 1440. The smallest absolute Gasteiger partial charge is 0.418 e. The quantitative estimate of drug-likeness (QED) is 0.339. The highest BCUT2D eigenvalue weighted by Gasteiger charge is 2.51. The predicted octanol–water partition coefficient (Wildman–Crippen LogP) is 5.48. The molecule has 1 aliphatic carbocycles. The lowest BCUT2D eigenvalue weighted by molar-refractivity contribution is -0.140. The molecule has 1 saturated carbocycles. The van der Waals surface area contributed by atoms with Gasteiger partial charge in [-0.05, 0) is 30.0 Å². The maximum atomic E-state index is 12.5. The van der Waals surface area contributed by atoms with Crippen molar-refractivity contribution in [3.8, 4) is 22.4 Å². The molecule has 2 aromatic heterocycles. The summed E-state index contributed by atoms with van der Waals surface area (Å²) < 4.78 is 6.88. The molecule has 8 heteroatoms. The zero-order valence-corrected chi connectivity index (χ0v) is 19.6. The first kappa shape index (κ1) is 23.0. The van der Waals surface area contributed by atoms with Gasteiger partial charge in [0.05, 0.1) is 22.9 Å². The number of carboxylic acid groups (broad SMARTS) is 1. The number of nitrogens with one attached hydrogen (secondary N) is 1. The van der Waals surface area contributed by atoms with Crippen molar-refractivity contribution in [3.63, 3.8) is 0 Å². The zero-order valence-electron chi connectivity index (χ0n) is 19.6. The van der Waals surface area contributed by atoms with Crippen molar-refractivity contribution >= 4 is 23.6 Å². The summed E-state index contributed by atoms with van der Waals surface area (Å²) in [5.74, 6) is -0.0921. The van der Waals surface area contributed by atoms with E-state index in [2.05, 4.69) is 22.0 Å². The molecule has 180 valence electrons. The molecule has 1 amide bonds. The highest BCUT2D eigenvalue weighted by Crippen LogP contribution is 2.48. The van der Waals surface area contributed by atoms with Gasteiger partial charge < -0.3 is 9.84 Å². The van der Waals surface area contributed by atoms with E-state index in [1.54, 1.807) is 31.6 Å². The summed E-state index contributed by atoms with van der Waals surface area (Å²) in [4.78, 5) is 28.7. The maximum absolute atomic E-state index is 12.5. The third kappa shape index (κ3) is 4.36. The number of aliphatic carboxylic acids is 1. The van der Waals surface area contributed by atoms with Gasteiger partial charge in [-0.2, -0.15) is 5.10 Å². The van der Waals surface area contributed by atoms with E-state index in [9.17, 15) is 14.7 Å². The molecule has 0 spiro atoms. The fraction of sp³-hybridized carbons (Fsp3) is 0.143. The molecule has 0 atom stereocenters. The molecule has 0 unspecified atom stereocenters. The van der Waals surface area contributed by atoms with Gasteiger partial charge in [0.15, 0.2) is 0 Å². The number of carbonyl (C=O) groups is 2. The van der Waals surface area contributed by atoms with Crippen molar-refractivity contribution in [2.24, 2.45) is 7.05 Å². The number of rotatable bonds is 7. The fourth-order valence-corrected chi connectivity index (χ4v) is 4.15. The van der Waals surface area contributed by atoms with E-state index in [0.717, 1.165) is 16.7 Å². The van der Waals surface area contributed by atoms with Crippen LogP contribution in [0, 0.1) is 0 Å². The Labute approximate surface area is 207 Å². The number of hydrogen-bond acceptors (Lipinski definition) is 5. The Morgan fingerprint density at radius 2 is 1.69 bits per heavy atom. The minimum atomic E-state index is -0.768. The van der Waals surface area contributed by atoms with Crippen molar-refractivity contribution in [2.75, 3.05) is 5.32 Å². The van der Waals surface area contributed by atoms with E-state index in [1.807, 2.05) is 54.6 Å². The van der Waals surface area contributed by atoms with Crippen molar-refractivity contribution in [1.82, 2.24) is 14.8 Å². The van der Waals surface area contributed by atoms with Gasteiger partial charge in [0.2, 0.25) is 0 Å². The van der Waals surface area contributed by atoms with Gasteiger partial charge in [-0.1, -0.05) is 67.2 Å². The molecule has 2 heterocycles. The molecule has 0 bridgehead atoms. The molecule has 0 aliphatic heterocycles. The first-order valence-corrected chi connectivity index (χ1v) is 11.4. The number of hydrogen-bond donors (Lipinski definition) is 2. The molecule has 0 radical (unpaired) electrons. The Balaban J connectivity index is 1.31. The van der Waals surface area contributed by atoms with Gasteiger partial charge in [0.25, 0.3) is 0 Å². The summed E-state index contributed by atoms with van der Waals surface area (Å²) in [7, 11) is 1.71. The van der Waals surface area contributed by atoms with Crippen LogP contribution in [0.4, 0.5) is 10.6 Å². The third-order valence-electron chi connectivity index (χ3n) is 6.44. The van der Waals surface area contributed by atoms with Crippen molar-refractivity contribution in [3.05, 3.63) is 96.8 Å². The number of aryl methyl sites for hydroxylation is 1. The lowest BCUT2D eigenvalue weighted by atomic mass is 9.94. The topological polar surface area (TPSA) is 106 Å². The molecule has 1 fully saturated rings. The van der Waals surface area contributed by atoms with E-state index in [0.29, 0.717) is 35.5 Å². The first-order valence-electron chi connectivity index (χ1n) is 11.4. The summed E-state index contributed by atoms with van der Waals surface area (Å²) >= 11 is 0. The van der Waals surface area contributed by atoms with Gasteiger partial charge in [-0.3, -0.25) is 19.8 Å². The molecule has 0 saturated heterocycles. The number of carbonyl (C=O) groups excluding carboxylic acids is 1. The summed E-state index contributed by atoms with van der Waals surface area (Å²) in [6.45, 7) is 3.82. The molecule has 2 aromatic carbocycles. The highest BCUT2D eigenvalue weighted by atomic mass is 16.6. The maximum Gasteiger partial charge on any atom is 0.418 e. The van der Waals surface area contributed by atoms with Crippen molar-refractivity contribution in [2.45, 2.75) is 18.3 Å². The van der Waals surface area contributed by atoms with E-state index >= 15 is 0 Å². The lowest BCUT2D eigenvalue weighted by Crippen LogP contribution is -2.19. The average Bonchev–Trinajstić information content (AvgIpc) is 3.64. The second kappa shape index (κ2) is 9.14. The van der Waals surface area contributed by atoms with Crippen LogP contribution in [-0.4, -0.2) is 31.9 Å². The monoisotopic (exact) mass is 480 g/mol. The Morgan fingerprint density at radius 1 is 1.00 bits per heavy atom. The first-order chi connectivity index (χ1) is 17.4. The lowest BCUT2D eigenvalue weighted by Gasteiger charge is -2.12. The van der Waals surface area contributed by atoms with Gasteiger partial charge >= 0.3 is 12.1 Å². The molecule has 4 aromatic rings. The van der Waals surface area contributed by atoms with Crippen LogP contribution >= 0.6 is 0 Å². The van der Waals surface area contributed by atoms with Crippen LogP contribution in [0.5, 0.6) is 0 Å². The van der Waals surface area contributed by atoms with Gasteiger partial charge in [-0.25, -0.2) is 4.79 Å². The van der Waals surface area contributed by atoms with Crippen LogP contribution in [0.2, 0.25) is 0 Å². The average molecular weight is 481 g/mol. The molecule has 36 heavy (non-hydrogen) atoms. The third-order valence-corrected chi connectivity index (χ3v) is 6.44. The number of aromatic nitrogens is 3. The largest absolute Gasteiger partial charge is 0.481 e. The Hall–Kier alpha value is -4.72. The number of benzene rings is 2. The molecule has 2 N–H and O–H groups in total. The molecular formula is C28H24N4O4. The number of nitrogens with zero attached hydrogens (tertiary/aromatic N) is 3. The molecular weight excluding hydrogens is 456 g/mol. The fourth-order valence-electron chi connectivity index (χ4n) is 4.15. The van der Waals surface area contributed by atoms with E-state index in [-0.39, 0.29) is 5.76 Å². The van der Waals surface area contributed by atoms with Crippen molar-refractivity contribution < 1.29 is 19.4 Å². The number of pyridine rings is 1. The van der Waals surface area contributed by atoms with Crippen LogP contribution in [0.3, 0.4) is 0 Å². The Morgan fingerprint density at radius 3 is 2.31 bits per heavy atom. The summed E-state index contributed by atoms with van der Waals surface area (Å²) in [6, 6.07) is 20.5. The molecule has 5 rings (SSSR count). The molecule has 1 aliphatic rings. The normalized spacial score (nSPS) is 13.6. The number of ether oxygens (including phenoxy) is 1. The van der Waals surface area contributed by atoms with Gasteiger partial charge in [0.1, 0.15) is 11.6 Å². The highest BCUT2D eigenvalue weighted by molar-refractivity contribution is 5.92. The minimum Gasteiger partial charge on any atom is -0.481 e. The summed E-state index contributed by atoms with van der Waals surface area (Å²) in [5, 5.41) is 16.5. The van der Waals surface area contributed by atoms with Crippen LogP contribution in [0.1, 0.15) is 24.0 Å². The van der Waals surface area contributed by atoms with Crippen LogP contribution in [0.25, 0.3) is 28.1 Å². The standard InChI is InChI=1S/C28H24N4O4/c1-18(19-6-4-3-5-7-19)36-27(35)31-25-23(17-30-32(25)2)24-13-10-21(16-29-24)20-8-11-22(12-9-20)28(14-15-28)26(33)34/h3-13,16-17H,1,14-15H2,2H3,(H,31,35)(H,33,34). The molecule has 8 nitrogen and oxygen atoms in total. The van der Waals surface area contributed by atoms with Crippen LogP contribution < -0.4 is 5.32 Å². The van der Waals surface area contributed by atoms with Crippen LogP contribution in [0.15, 0.2) is 85.7 Å². The van der Waals surface area contributed by atoms with Gasteiger partial charge in [0, 0.05) is 24.4 Å². The summed E-state index contributed by atoms with van der Waals surface area (Å²) in [6.07, 6.45) is 4.03. The van der Waals surface area contributed by atoms with Crippen molar-refractivity contribution in [1.29, 1.82) is 0 Å². The van der Waals surface area contributed by atoms with Gasteiger partial charge in [-0.15, -0.1) is 0 Å². The number of amides is 1. The Kier molecular flexibility index (Phi) is 5.85. The van der Waals surface area contributed by atoms with E-state index in [4.69, 9.17) is 4.74 Å². The zero-order chi connectivity index (χ0) is 25.3. The van der Waals surface area contributed by atoms with Crippen LogP contribution in [-0.2, 0) is 22.0 Å². The predicted molar refractivity (Wildman–Crippen MR) is 136 cm³/mol. The second-order valence-corrected chi connectivity index (χ2v) is 8.73. The van der Waals surface area contributed by atoms with E-state index < -0.39 is 17.5 Å². The minimum absolute atomic E-state index is 0.237. The second-order valence-electron chi connectivity index (χ2n) is 8.73. The summed E-state index contributed by atoms with van der Waals surface area (Å²) in [5.41, 5.74) is 3.91. The number of carboxylic acids is 1. The SMILES string of the molecule is C=C(OC(=O)Nc1c(-c2ccc(-c3ccc(C4(C(=O)O)CC4)cc3)cn2)cnn1C)c1ccccc1. The van der Waals surface area contributed by atoms with E-state index in [1.165, 1.54) is 4.68 Å². The number of anilines is 1.